The summed E-state index contributed by atoms with van der Waals surface area (Å²) < 4.78 is 22.0. The minimum absolute atomic E-state index is 0.00856. The molecule has 0 saturated heterocycles. The zero-order valence-corrected chi connectivity index (χ0v) is 7.45. The van der Waals surface area contributed by atoms with Crippen LogP contribution in [-0.4, -0.2) is 26.7 Å². The minimum atomic E-state index is -2.68. The van der Waals surface area contributed by atoms with Gasteiger partial charge in [-0.25, -0.2) is 4.79 Å². The Labute approximate surface area is 76.9 Å². The number of primary amides is 1. The van der Waals surface area contributed by atoms with Crippen LogP contribution in [0.4, 0.5) is 0 Å². The fraction of sp³-hybridized carbons (Fsp3) is 0.600. The summed E-state index contributed by atoms with van der Waals surface area (Å²) in [6, 6.07) is -1.11. The number of carbonyl (C=O) groups excluding carboxylic acids is 2. The number of hydrogen-bond donors (Lipinski definition) is 3. The van der Waals surface area contributed by atoms with Crippen LogP contribution in [0.15, 0.2) is 0 Å². The summed E-state index contributed by atoms with van der Waals surface area (Å²) in [5, 5.41) is 0. The highest BCUT2D eigenvalue weighted by Crippen LogP contribution is 1.97. The second-order valence-electron chi connectivity index (χ2n) is 2.23. The molecule has 0 aliphatic carbocycles. The SMILES string of the molecule is NC(=O)CC[C@H](N)C(=O)OS(=O)O. The van der Waals surface area contributed by atoms with Gasteiger partial charge in [0.25, 0.3) is 0 Å². The molecule has 8 heteroatoms. The standard InChI is InChI=1S/C5H10N2O5S/c6-3(1-2-4(7)8)5(9)12-13(10)11/h3H,1-2,6H2,(H2,7,8)(H,10,11)/t3-/m0/s1. The Balaban J connectivity index is 3.82. The van der Waals surface area contributed by atoms with Crippen LogP contribution >= 0.6 is 0 Å². The number of amides is 1. The molecule has 0 aromatic carbocycles. The zero-order valence-electron chi connectivity index (χ0n) is 6.63. The average Bonchev–Trinajstić information content (AvgIpc) is 1.98. The average molecular weight is 210 g/mol. The maximum atomic E-state index is 10.7. The summed E-state index contributed by atoms with van der Waals surface area (Å²) >= 11 is -2.68. The molecule has 0 aliphatic rings. The maximum absolute atomic E-state index is 10.7. The Hall–Kier alpha value is -0.990. The van der Waals surface area contributed by atoms with Gasteiger partial charge in [-0.3, -0.25) is 9.35 Å². The van der Waals surface area contributed by atoms with Crippen LogP contribution in [0.1, 0.15) is 12.8 Å². The summed E-state index contributed by atoms with van der Waals surface area (Å²) in [5.41, 5.74) is 9.97. The molecule has 0 bridgehead atoms. The fourth-order valence-corrected chi connectivity index (χ4v) is 0.812. The first-order valence-electron chi connectivity index (χ1n) is 3.30. The van der Waals surface area contributed by atoms with Crippen molar-refractivity contribution in [3.63, 3.8) is 0 Å². The number of carbonyl (C=O) groups is 2. The Bertz CT molecular complexity index is 231. The van der Waals surface area contributed by atoms with E-state index in [0.29, 0.717) is 0 Å². The molecule has 0 aromatic rings. The molecule has 0 heterocycles. The van der Waals surface area contributed by atoms with Crippen molar-refractivity contribution < 1.29 is 22.5 Å². The van der Waals surface area contributed by atoms with E-state index in [2.05, 4.69) is 4.18 Å². The highest BCUT2D eigenvalue weighted by molar-refractivity contribution is 7.74. The van der Waals surface area contributed by atoms with E-state index in [0.717, 1.165) is 0 Å². The molecule has 0 saturated carbocycles. The van der Waals surface area contributed by atoms with Crippen molar-refractivity contribution in [2.24, 2.45) is 11.5 Å². The molecule has 0 aromatic heterocycles. The van der Waals surface area contributed by atoms with Gasteiger partial charge < -0.3 is 15.7 Å². The van der Waals surface area contributed by atoms with Crippen molar-refractivity contribution >= 4 is 23.2 Å². The lowest BCUT2D eigenvalue weighted by atomic mass is 10.2. The smallest absolute Gasteiger partial charge is 0.360 e. The first kappa shape index (κ1) is 12.0. The molecule has 0 radical (unpaired) electrons. The van der Waals surface area contributed by atoms with Crippen LogP contribution in [0.3, 0.4) is 0 Å². The van der Waals surface area contributed by atoms with Crippen LogP contribution < -0.4 is 11.5 Å². The number of hydrogen-bond acceptors (Lipinski definition) is 5. The van der Waals surface area contributed by atoms with E-state index in [1.165, 1.54) is 0 Å². The molecule has 13 heavy (non-hydrogen) atoms. The summed E-state index contributed by atoms with van der Waals surface area (Å²) in [4.78, 5) is 21.0. The Kier molecular flexibility index (Phi) is 5.19. The largest absolute Gasteiger partial charge is 0.370 e. The van der Waals surface area contributed by atoms with Gasteiger partial charge in [0.15, 0.2) is 0 Å². The summed E-state index contributed by atoms with van der Waals surface area (Å²) in [6.07, 6.45) is -0.0836. The number of rotatable bonds is 5. The van der Waals surface area contributed by atoms with Gasteiger partial charge in [0, 0.05) is 6.42 Å². The van der Waals surface area contributed by atoms with Crippen molar-refractivity contribution in [1.29, 1.82) is 0 Å². The molecule has 2 atom stereocenters. The quantitative estimate of drug-likeness (QED) is 0.461. The van der Waals surface area contributed by atoms with Crippen LogP contribution in [0, 0.1) is 0 Å². The Morgan fingerprint density at radius 2 is 2.08 bits per heavy atom. The first-order valence-corrected chi connectivity index (χ1v) is 4.33. The van der Waals surface area contributed by atoms with Gasteiger partial charge in [-0.15, -0.1) is 0 Å². The summed E-state index contributed by atoms with van der Waals surface area (Å²) in [5.74, 6) is -1.64. The van der Waals surface area contributed by atoms with Gasteiger partial charge in [0.1, 0.15) is 6.04 Å². The van der Waals surface area contributed by atoms with Gasteiger partial charge >= 0.3 is 17.3 Å². The highest BCUT2D eigenvalue weighted by Gasteiger charge is 2.17. The maximum Gasteiger partial charge on any atom is 0.360 e. The molecule has 0 spiro atoms. The Morgan fingerprint density at radius 3 is 2.46 bits per heavy atom. The lowest BCUT2D eigenvalue weighted by Crippen LogP contribution is -2.33. The third kappa shape index (κ3) is 6.20. The second-order valence-corrected chi connectivity index (χ2v) is 2.83. The molecule has 5 N–H and O–H groups in total. The molecule has 0 aliphatic heterocycles. The number of nitrogens with two attached hydrogens (primary N) is 2. The van der Waals surface area contributed by atoms with Crippen LogP contribution in [0.2, 0.25) is 0 Å². The predicted molar refractivity (Wildman–Crippen MR) is 43.3 cm³/mol. The van der Waals surface area contributed by atoms with E-state index < -0.39 is 29.3 Å². The molecule has 7 nitrogen and oxygen atoms in total. The highest BCUT2D eigenvalue weighted by atomic mass is 32.2. The monoisotopic (exact) mass is 210 g/mol. The zero-order chi connectivity index (χ0) is 10.4. The third-order valence-electron chi connectivity index (χ3n) is 1.16. The van der Waals surface area contributed by atoms with Crippen molar-refractivity contribution in [3.8, 4) is 0 Å². The van der Waals surface area contributed by atoms with Gasteiger partial charge in [-0.05, 0) is 6.42 Å². The first-order chi connectivity index (χ1) is 5.93. The molecule has 0 fully saturated rings. The van der Waals surface area contributed by atoms with E-state index in [4.69, 9.17) is 16.0 Å². The van der Waals surface area contributed by atoms with Crippen LogP contribution in [-0.2, 0) is 25.1 Å². The lowest BCUT2D eigenvalue weighted by Gasteiger charge is -2.06. The molecule has 1 amide bonds. The molecule has 1 unspecified atom stereocenters. The van der Waals surface area contributed by atoms with Crippen molar-refractivity contribution in [1.82, 2.24) is 0 Å². The second kappa shape index (κ2) is 5.62. The van der Waals surface area contributed by atoms with Gasteiger partial charge in [0.05, 0.1) is 0 Å². The van der Waals surface area contributed by atoms with Crippen molar-refractivity contribution in [2.45, 2.75) is 18.9 Å². The van der Waals surface area contributed by atoms with Crippen molar-refractivity contribution in [2.75, 3.05) is 0 Å². The van der Waals surface area contributed by atoms with Crippen LogP contribution in [0.25, 0.3) is 0 Å². The molecule has 0 rings (SSSR count). The van der Waals surface area contributed by atoms with E-state index in [-0.39, 0.29) is 12.8 Å². The lowest BCUT2D eigenvalue weighted by molar-refractivity contribution is -0.135. The Morgan fingerprint density at radius 1 is 1.54 bits per heavy atom. The van der Waals surface area contributed by atoms with Crippen LogP contribution in [0.5, 0.6) is 0 Å². The third-order valence-corrected chi connectivity index (χ3v) is 1.46. The van der Waals surface area contributed by atoms with Gasteiger partial charge in [0.2, 0.25) is 5.91 Å². The van der Waals surface area contributed by atoms with E-state index >= 15 is 0 Å². The molecular formula is C5H10N2O5S. The van der Waals surface area contributed by atoms with E-state index in [9.17, 15) is 13.8 Å². The topological polar surface area (TPSA) is 133 Å². The molecule has 76 valence electrons. The fourth-order valence-electron chi connectivity index (χ4n) is 0.548. The summed E-state index contributed by atoms with van der Waals surface area (Å²) in [6.45, 7) is 0. The predicted octanol–water partition coefficient (Wildman–Crippen LogP) is -1.74. The van der Waals surface area contributed by atoms with Gasteiger partial charge in [-0.1, -0.05) is 0 Å². The minimum Gasteiger partial charge on any atom is -0.370 e. The summed E-state index contributed by atoms with van der Waals surface area (Å²) in [7, 11) is 0. The van der Waals surface area contributed by atoms with E-state index in [1.807, 2.05) is 0 Å². The normalized spacial score (nSPS) is 14.6. The molecular weight excluding hydrogens is 200 g/mol. The van der Waals surface area contributed by atoms with Gasteiger partial charge in [-0.2, -0.15) is 4.21 Å². The van der Waals surface area contributed by atoms with Crippen molar-refractivity contribution in [3.05, 3.63) is 0 Å². The van der Waals surface area contributed by atoms with E-state index in [1.54, 1.807) is 0 Å².